The normalized spacial score (nSPS) is 11.9. The number of rotatable bonds is 9. The molecule has 158 valence electrons. The van der Waals surface area contributed by atoms with Crippen LogP contribution in [0.15, 0.2) is 42.6 Å². The van der Waals surface area contributed by atoms with Gasteiger partial charge in [0, 0.05) is 23.7 Å². The summed E-state index contributed by atoms with van der Waals surface area (Å²) in [5, 5.41) is 17.3. The number of pyridine rings is 1. The number of ether oxygens (including phenoxy) is 2. The zero-order valence-electron chi connectivity index (χ0n) is 17.2. The molecule has 30 heavy (non-hydrogen) atoms. The minimum Gasteiger partial charge on any atom is -0.493 e. The molecule has 1 aromatic heterocycles. The first-order valence-electron chi connectivity index (χ1n) is 9.48. The van der Waals surface area contributed by atoms with Crippen LogP contribution in [-0.2, 0) is 6.61 Å². The smallest absolute Gasteiger partial charge is 0.250 e. The van der Waals surface area contributed by atoms with Gasteiger partial charge in [0.05, 0.1) is 43.6 Å². The second-order valence-electron chi connectivity index (χ2n) is 6.75. The van der Waals surface area contributed by atoms with Crippen molar-refractivity contribution in [1.82, 2.24) is 10.3 Å². The lowest BCUT2D eigenvalue weighted by molar-refractivity contribution is 0.100. The van der Waals surface area contributed by atoms with Gasteiger partial charge in [-0.15, -0.1) is 0 Å². The number of hydrogen-bond acceptors (Lipinski definition) is 7. The average molecular weight is 410 g/mol. The van der Waals surface area contributed by atoms with Crippen LogP contribution in [0.3, 0.4) is 0 Å². The van der Waals surface area contributed by atoms with Crippen LogP contribution >= 0.6 is 0 Å². The summed E-state index contributed by atoms with van der Waals surface area (Å²) < 4.78 is 10.8. The van der Waals surface area contributed by atoms with Gasteiger partial charge >= 0.3 is 0 Å². The average Bonchev–Trinajstić information content (AvgIpc) is 2.77. The van der Waals surface area contributed by atoms with E-state index in [2.05, 4.69) is 15.6 Å². The van der Waals surface area contributed by atoms with E-state index in [4.69, 9.17) is 15.2 Å². The molecule has 0 bridgehead atoms. The van der Waals surface area contributed by atoms with E-state index < -0.39 is 5.91 Å². The van der Waals surface area contributed by atoms with Gasteiger partial charge in [-0.1, -0.05) is 18.2 Å². The predicted octanol–water partition coefficient (Wildman–Crippen LogP) is 2.22. The summed E-state index contributed by atoms with van der Waals surface area (Å²) in [6, 6.07) is 10.8. The molecular formula is C22H26N4O4. The van der Waals surface area contributed by atoms with Gasteiger partial charge < -0.3 is 30.9 Å². The van der Waals surface area contributed by atoms with Crippen molar-refractivity contribution in [2.75, 3.05) is 33.1 Å². The van der Waals surface area contributed by atoms with E-state index in [1.807, 2.05) is 31.3 Å². The molecule has 2 aromatic carbocycles. The first kappa shape index (κ1) is 21.4. The van der Waals surface area contributed by atoms with Crippen molar-refractivity contribution in [3.63, 3.8) is 0 Å². The van der Waals surface area contributed by atoms with Gasteiger partial charge in [-0.25, -0.2) is 0 Å². The van der Waals surface area contributed by atoms with Crippen molar-refractivity contribution in [3.8, 4) is 11.5 Å². The van der Waals surface area contributed by atoms with Gasteiger partial charge in [0.15, 0.2) is 11.5 Å². The number of nitrogens with two attached hydrogens (primary N) is 1. The number of aliphatic hydroxyl groups is 1. The maximum absolute atomic E-state index is 11.8. The summed E-state index contributed by atoms with van der Waals surface area (Å²) in [7, 11) is 5.04. The number of benzene rings is 2. The quantitative estimate of drug-likeness (QED) is 0.427. The Hall–Kier alpha value is -3.36. The number of methoxy groups -OCH3 is 2. The molecule has 1 heterocycles. The number of amides is 1. The number of nitrogens with one attached hydrogen (secondary N) is 2. The number of primary amides is 1. The highest BCUT2D eigenvalue weighted by Crippen LogP contribution is 2.34. The number of nitrogens with zero attached hydrogens (tertiary/aromatic N) is 1. The Morgan fingerprint density at radius 3 is 2.60 bits per heavy atom. The molecule has 0 aliphatic heterocycles. The number of hydrogen-bond donors (Lipinski definition) is 4. The summed E-state index contributed by atoms with van der Waals surface area (Å²) in [6.45, 7) is 0.393. The molecule has 0 aliphatic carbocycles. The van der Waals surface area contributed by atoms with E-state index in [9.17, 15) is 9.90 Å². The summed E-state index contributed by atoms with van der Waals surface area (Å²) in [6.07, 6.45) is 1.56. The zero-order chi connectivity index (χ0) is 21.7. The summed E-state index contributed by atoms with van der Waals surface area (Å²) in [5.41, 5.74) is 8.60. The summed E-state index contributed by atoms with van der Waals surface area (Å²) >= 11 is 0. The predicted molar refractivity (Wildman–Crippen MR) is 116 cm³/mol. The topological polar surface area (TPSA) is 119 Å². The fourth-order valence-corrected chi connectivity index (χ4v) is 3.45. The summed E-state index contributed by atoms with van der Waals surface area (Å²) in [5.74, 6) is 0.708. The van der Waals surface area contributed by atoms with Crippen LogP contribution in [0, 0.1) is 0 Å². The lowest BCUT2D eigenvalue weighted by Gasteiger charge is -2.24. The molecule has 0 saturated carbocycles. The van der Waals surface area contributed by atoms with E-state index in [-0.39, 0.29) is 12.6 Å². The van der Waals surface area contributed by atoms with Crippen LogP contribution in [-0.4, -0.2) is 43.8 Å². The maximum atomic E-state index is 11.8. The molecule has 8 nitrogen and oxygen atoms in total. The van der Waals surface area contributed by atoms with Crippen molar-refractivity contribution >= 4 is 22.5 Å². The Bertz CT molecular complexity index is 1050. The molecule has 1 atom stereocenters. The van der Waals surface area contributed by atoms with Gasteiger partial charge in [-0.05, 0) is 30.8 Å². The molecule has 3 aromatic rings. The number of anilines is 1. The van der Waals surface area contributed by atoms with Crippen LogP contribution in [0.25, 0.3) is 10.9 Å². The molecule has 8 heteroatoms. The van der Waals surface area contributed by atoms with E-state index in [1.54, 1.807) is 32.5 Å². The monoisotopic (exact) mass is 410 g/mol. The SMILES string of the molecule is CNCC(Nc1c(CO)cnc2c(C(N)=O)cccc12)c1ccc(OC)c(OC)c1. The molecule has 0 saturated heterocycles. The van der Waals surface area contributed by atoms with Crippen LogP contribution in [0.5, 0.6) is 11.5 Å². The van der Waals surface area contributed by atoms with E-state index in [1.165, 1.54) is 0 Å². The molecular weight excluding hydrogens is 384 g/mol. The third-order valence-corrected chi connectivity index (χ3v) is 4.95. The Kier molecular flexibility index (Phi) is 6.71. The first-order valence-corrected chi connectivity index (χ1v) is 9.48. The van der Waals surface area contributed by atoms with E-state index in [0.29, 0.717) is 45.8 Å². The highest BCUT2D eigenvalue weighted by molar-refractivity contribution is 6.08. The van der Waals surface area contributed by atoms with Gasteiger partial charge in [0.2, 0.25) is 0 Å². The van der Waals surface area contributed by atoms with Gasteiger partial charge in [-0.3, -0.25) is 9.78 Å². The lowest BCUT2D eigenvalue weighted by Crippen LogP contribution is -2.24. The fourth-order valence-electron chi connectivity index (χ4n) is 3.45. The minimum atomic E-state index is -0.553. The fraction of sp³-hybridized carbons (Fsp3) is 0.273. The number of fused-ring (bicyclic) bond motifs is 1. The van der Waals surface area contributed by atoms with Gasteiger partial charge in [-0.2, -0.15) is 0 Å². The number of para-hydroxylation sites is 1. The standard InChI is InChI=1S/C22H26N4O4/c1-24-11-17(13-7-8-18(29-2)19(9-13)30-3)26-20-14(12-27)10-25-21-15(20)5-4-6-16(21)22(23)28/h4-10,17,24,27H,11-12H2,1-3H3,(H2,23,28)(H,25,26). The minimum absolute atomic E-state index is 0.164. The summed E-state index contributed by atoms with van der Waals surface area (Å²) in [4.78, 5) is 16.2. The number of carbonyl (C=O) groups is 1. The third-order valence-electron chi connectivity index (χ3n) is 4.95. The second kappa shape index (κ2) is 9.43. The van der Waals surface area contributed by atoms with Crippen molar-refractivity contribution in [1.29, 1.82) is 0 Å². The van der Waals surface area contributed by atoms with Crippen LogP contribution in [0.1, 0.15) is 27.5 Å². The van der Waals surface area contributed by atoms with Crippen molar-refractivity contribution < 1.29 is 19.4 Å². The van der Waals surface area contributed by atoms with Crippen molar-refractivity contribution in [2.45, 2.75) is 12.6 Å². The van der Waals surface area contributed by atoms with Crippen LogP contribution in [0.2, 0.25) is 0 Å². The van der Waals surface area contributed by atoms with E-state index >= 15 is 0 Å². The first-order chi connectivity index (χ1) is 14.5. The van der Waals surface area contributed by atoms with Crippen molar-refractivity contribution in [2.24, 2.45) is 5.73 Å². The lowest BCUT2D eigenvalue weighted by atomic mass is 10.0. The molecule has 0 spiro atoms. The highest BCUT2D eigenvalue weighted by Gasteiger charge is 2.19. The highest BCUT2D eigenvalue weighted by atomic mass is 16.5. The maximum Gasteiger partial charge on any atom is 0.250 e. The Labute approximate surface area is 175 Å². The Balaban J connectivity index is 2.11. The van der Waals surface area contributed by atoms with Crippen LogP contribution < -0.4 is 25.8 Å². The number of aromatic nitrogens is 1. The number of likely N-dealkylation sites (N-methyl/N-ethyl adjacent to an activating group) is 1. The largest absolute Gasteiger partial charge is 0.493 e. The van der Waals surface area contributed by atoms with Crippen molar-refractivity contribution in [3.05, 3.63) is 59.3 Å². The van der Waals surface area contributed by atoms with Crippen LogP contribution in [0.4, 0.5) is 5.69 Å². The third kappa shape index (κ3) is 4.14. The molecule has 0 aliphatic rings. The molecule has 3 rings (SSSR count). The molecule has 1 unspecified atom stereocenters. The number of carbonyl (C=O) groups excluding carboxylic acids is 1. The Morgan fingerprint density at radius 2 is 1.97 bits per heavy atom. The number of aliphatic hydroxyl groups excluding tert-OH is 1. The van der Waals surface area contributed by atoms with E-state index in [0.717, 1.165) is 5.56 Å². The second-order valence-corrected chi connectivity index (χ2v) is 6.75. The zero-order valence-corrected chi connectivity index (χ0v) is 17.2. The molecule has 1 amide bonds. The van der Waals surface area contributed by atoms with Gasteiger partial charge in [0.1, 0.15) is 0 Å². The Morgan fingerprint density at radius 1 is 1.20 bits per heavy atom. The molecule has 5 N–H and O–H groups in total. The van der Waals surface area contributed by atoms with Gasteiger partial charge in [0.25, 0.3) is 5.91 Å². The molecule has 0 fully saturated rings. The molecule has 0 radical (unpaired) electrons.